The fraction of sp³-hybridized carbons (Fsp3) is 0.826. The molecule has 1 aliphatic heterocycles. The second kappa shape index (κ2) is 6.63. The molecule has 3 saturated carbocycles. The van der Waals surface area contributed by atoms with Crippen molar-refractivity contribution in [1.29, 1.82) is 0 Å². The maximum Gasteiger partial charge on any atom is 0.302 e. The fourth-order valence-corrected chi connectivity index (χ4v) is 6.97. The highest BCUT2D eigenvalue weighted by Gasteiger charge is 2.57. The molecule has 3 fully saturated rings. The zero-order chi connectivity index (χ0) is 19.4. The van der Waals surface area contributed by atoms with Gasteiger partial charge in [0.1, 0.15) is 11.9 Å². The molecule has 4 nitrogen and oxygen atoms in total. The molecule has 27 heavy (non-hydrogen) atoms. The van der Waals surface area contributed by atoms with Crippen LogP contribution in [-0.2, 0) is 19.1 Å². The lowest BCUT2D eigenvalue weighted by Gasteiger charge is -2.51. The molecule has 3 aliphatic carbocycles. The predicted molar refractivity (Wildman–Crippen MR) is 103 cm³/mol. The maximum atomic E-state index is 13.7. The van der Waals surface area contributed by atoms with Crippen molar-refractivity contribution < 1.29 is 19.1 Å². The van der Waals surface area contributed by atoms with Gasteiger partial charge < -0.3 is 9.47 Å². The van der Waals surface area contributed by atoms with E-state index in [1.54, 1.807) is 0 Å². The van der Waals surface area contributed by atoms with Crippen LogP contribution in [0.2, 0.25) is 0 Å². The number of Topliss-reactive ketones (excluding diaryl/α,β-unsaturated/α-hetero) is 1. The lowest BCUT2D eigenvalue weighted by molar-refractivity contribution is -0.158. The lowest BCUT2D eigenvalue weighted by atomic mass is 9.53. The van der Waals surface area contributed by atoms with Crippen molar-refractivity contribution in [2.45, 2.75) is 85.2 Å². The molecule has 0 aromatic carbocycles. The van der Waals surface area contributed by atoms with Gasteiger partial charge in [0.15, 0.2) is 0 Å². The molecule has 4 heteroatoms. The van der Waals surface area contributed by atoms with E-state index in [1.165, 1.54) is 12.5 Å². The lowest BCUT2D eigenvalue weighted by Crippen LogP contribution is -2.52. The minimum absolute atomic E-state index is 0.00148. The summed E-state index contributed by atoms with van der Waals surface area (Å²) in [6.07, 6.45) is 7.89. The Kier molecular flexibility index (Phi) is 4.67. The molecule has 0 saturated heterocycles. The molecule has 0 aromatic rings. The molecule has 6 atom stereocenters. The van der Waals surface area contributed by atoms with Crippen LogP contribution in [0.5, 0.6) is 0 Å². The van der Waals surface area contributed by atoms with Crippen molar-refractivity contribution in [2.75, 3.05) is 6.61 Å². The number of fused-ring (bicyclic) bond motifs is 2. The van der Waals surface area contributed by atoms with Crippen LogP contribution in [0, 0.1) is 28.6 Å². The molecule has 0 radical (unpaired) electrons. The van der Waals surface area contributed by atoms with Gasteiger partial charge in [-0.05, 0) is 81.1 Å². The third kappa shape index (κ3) is 2.94. The highest BCUT2D eigenvalue weighted by molar-refractivity contribution is 5.88. The van der Waals surface area contributed by atoms with Crippen molar-refractivity contribution in [2.24, 2.45) is 28.6 Å². The Morgan fingerprint density at radius 1 is 1.11 bits per heavy atom. The van der Waals surface area contributed by atoms with E-state index in [2.05, 4.69) is 20.8 Å². The summed E-state index contributed by atoms with van der Waals surface area (Å²) in [5, 5.41) is 0. The van der Waals surface area contributed by atoms with Crippen molar-refractivity contribution in [3.05, 3.63) is 11.3 Å². The van der Waals surface area contributed by atoms with Gasteiger partial charge in [-0.25, -0.2) is 0 Å². The Morgan fingerprint density at radius 3 is 2.63 bits per heavy atom. The minimum atomic E-state index is -0.234. The first kappa shape index (κ1) is 19.0. The third-order valence-electron chi connectivity index (χ3n) is 8.56. The van der Waals surface area contributed by atoms with E-state index in [9.17, 15) is 9.59 Å². The molecular weight excluding hydrogens is 340 g/mol. The largest absolute Gasteiger partial charge is 0.498 e. The topological polar surface area (TPSA) is 52.6 Å². The van der Waals surface area contributed by atoms with E-state index in [4.69, 9.17) is 9.47 Å². The second-order valence-corrected chi connectivity index (χ2v) is 9.86. The van der Waals surface area contributed by atoms with Gasteiger partial charge in [-0.1, -0.05) is 13.8 Å². The molecule has 1 heterocycles. The van der Waals surface area contributed by atoms with E-state index in [1.807, 2.05) is 0 Å². The number of ether oxygens (including phenoxy) is 2. The summed E-state index contributed by atoms with van der Waals surface area (Å²) in [4.78, 5) is 25.1. The summed E-state index contributed by atoms with van der Waals surface area (Å²) in [5.41, 5.74) is 1.38. The molecule has 4 aliphatic rings. The van der Waals surface area contributed by atoms with Crippen LogP contribution >= 0.6 is 0 Å². The van der Waals surface area contributed by atoms with Crippen LogP contribution in [0.15, 0.2) is 11.3 Å². The number of carbonyl (C=O) groups is 2. The molecular formula is C23H34O4. The normalized spacial score (nSPS) is 44.4. The molecule has 150 valence electrons. The SMILES string of the molecule is CC(=O)O[C@H]1CC[C@]2(C)C(=O)C(C3CCC4=C(C)OCC[C@]43C)CC[C@H]2C1. The van der Waals surface area contributed by atoms with Crippen LogP contribution < -0.4 is 0 Å². The first-order chi connectivity index (χ1) is 12.8. The third-order valence-corrected chi connectivity index (χ3v) is 8.56. The second-order valence-electron chi connectivity index (χ2n) is 9.86. The molecule has 0 spiro atoms. The summed E-state index contributed by atoms with van der Waals surface area (Å²) in [6, 6.07) is 0. The monoisotopic (exact) mass is 374 g/mol. The quantitative estimate of drug-likeness (QED) is 0.651. The molecule has 2 unspecified atom stereocenters. The Labute approximate surface area is 163 Å². The van der Waals surface area contributed by atoms with E-state index in [-0.39, 0.29) is 28.8 Å². The zero-order valence-corrected chi connectivity index (χ0v) is 17.3. The van der Waals surface area contributed by atoms with Gasteiger partial charge >= 0.3 is 5.97 Å². The highest BCUT2D eigenvalue weighted by Crippen LogP contribution is 2.60. The average molecular weight is 375 g/mol. The van der Waals surface area contributed by atoms with Gasteiger partial charge in [0.2, 0.25) is 0 Å². The van der Waals surface area contributed by atoms with Crippen LogP contribution in [0.4, 0.5) is 0 Å². The van der Waals surface area contributed by atoms with Crippen LogP contribution in [0.3, 0.4) is 0 Å². The molecule has 0 N–H and O–H groups in total. The van der Waals surface area contributed by atoms with Gasteiger partial charge in [0.25, 0.3) is 0 Å². The fourth-order valence-electron chi connectivity index (χ4n) is 6.97. The smallest absolute Gasteiger partial charge is 0.302 e. The standard InChI is InChI=1S/C23H34O4/c1-14-19-7-8-20(23(19,4)11-12-26-14)18-6-5-16-13-17(27-15(2)24)9-10-22(16,3)21(18)25/h16-18,20H,5-13H2,1-4H3/t16-,17-,18?,20?,22-,23+/m0/s1. The number of hydrogen-bond acceptors (Lipinski definition) is 4. The molecule has 0 amide bonds. The summed E-state index contributed by atoms with van der Waals surface area (Å²) >= 11 is 0. The Morgan fingerprint density at radius 2 is 1.89 bits per heavy atom. The van der Waals surface area contributed by atoms with Gasteiger partial charge in [-0.2, -0.15) is 0 Å². The molecule has 0 bridgehead atoms. The van der Waals surface area contributed by atoms with Crippen LogP contribution in [0.1, 0.15) is 79.1 Å². The Balaban J connectivity index is 1.54. The van der Waals surface area contributed by atoms with Crippen molar-refractivity contribution in [1.82, 2.24) is 0 Å². The number of rotatable bonds is 2. The van der Waals surface area contributed by atoms with Crippen LogP contribution in [0.25, 0.3) is 0 Å². The molecule has 0 aromatic heterocycles. The summed E-state index contributed by atoms with van der Waals surface area (Å²) in [5.74, 6) is 2.42. The minimum Gasteiger partial charge on any atom is -0.498 e. The summed E-state index contributed by atoms with van der Waals surface area (Å²) < 4.78 is 11.3. The zero-order valence-electron chi connectivity index (χ0n) is 17.3. The van der Waals surface area contributed by atoms with Gasteiger partial charge in [0.05, 0.1) is 12.4 Å². The van der Waals surface area contributed by atoms with Crippen molar-refractivity contribution in [3.8, 4) is 0 Å². The number of carbonyl (C=O) groups excluding carboxylic acids is 2. The van der Waals surface area contributed by atoms with Crippen molar-refractivity contribution >= 4 is 11.8 Å². The van der Waals surface area contributed by atoms with Crippen molar-refractivity contribution in [3.63, 3.8) is 0 Å². The number of hydrogen-bond donors (Lipinski definition) is 0. The first-order valence-electron chi connectivity index (χ1n) is 10.8. The first-order valence-corrected chi connectivity index (χ1v) is 10.8. The molecule has 4 rings (SSSR count). The van der Waals surface area contributed by atoms with Gasteiger partial charge in [-0.3, -0.25) is 9.59 Å². The summed E-state index contributed by atoms with van der Waals surface area (Å²) in [6.45, 7) is 8.95. The highest BCUT2D eigenvalue weighted by atomic mass is 16.5. The number of allylic oxidation sites excluding steroid dienone is 2. The van der Waals surface area contributed by atoms with Gasteiger partial charge in [0, 0.05) is 18.3 Å². The number of ketones is 1. The van der Waals surface area contributed by atoms with Crippen LogP contribution in [-0.4, -0.2) is 24.5 Å². The predicted octanol–water partition coefficient (Wildman–Crippen LogP) is 4.81. The Bertz CT molecular complexity index is 680. The van der Waals surface area contributed by atoms with E-state index >= 15 is 0 Å². The van der Waals surface area contributed by atoms with Gasteiger partial charge in [-0.15, -0.1) is 0 Å². The summed E-state index contributed by atoms with van der Waals surface area (Å²) in [7, 11) is 0. The number of esters is 1. The van der Waals surface area contributed by atoms with E-state index in [0.717, 1.165) is 63.7 Å². The average Bonchev–Trinajstić information content (AvgIpc) is 2.95. The maximum absolute atomic E-state index is 13.7. The van der Waals surface area contributed by atoms with E-state index in [0.29, 0.717) is 17.6 Å². The van der Waals surface area contributed by atoms with E-state index < -0.39 is 0 Å². The Hall–Kier alpha value is -1.32.